The Labute approximate surface area is 159 Å². The maximum Gasteiger partial charge on any atom is 0.242 e. The third-order valence-corrected chi connectivity index (χ3v) is 4.38. The van der Waals surface area contributed by atoms with Crippen molar-refractivity contribution in [1.82, 2.24) is 10.6 Å². The SMILES string of the molecule is O=C(NCc1ccccc1)C(NCc1ccccc1)c1ccc(Cl)cc1. The molecule has 3 nitrogen and oxygen atoms in total. The topological polar surface area (TPSA) is 41.1 Å². The molecule has 0 aromatic heterocycles. The second-order valence-electron chi connectivity index (χ2n) is 6.05. The van der Waals surface area contributed by atoms with Gasteiger partial charge in [-0.1, -0.05) is 84.4 Å². The number of halogens is 1. The van der Waals surface area contributed by atoms with Crippen molar-refractivity contribution in [1.29, 1.82) is 0 Å². The number of hydrogen-bond donors (Lipinski definition) is 2. The number of rotatable bonds is 7. The van der Waals surface area contributed by atoms with Crippen molar-refractivity contribution in [3.8, 4) is 0 Å². The summed E-state index contributed by atoms with van der Waals surface area (Å²) in [6.07, 6.45) is 0. The Balaban J connectivity index is 1.71. The summed E-state index contributed by atoms with van der Waals surface area (Å²) in [4.78, 5) is 12.8. The standard InChI is InChI=1S/C22H21ClN2O/c23-20-13-11-19(12-14-20)21(24-15-17-7-3-1-4-8-17)22(26)25-16-18-9-5-2-6-10-18/h1-14,21,24H,15-16H2,(H,25,26). The predicted octanol–water partition coefficient (Wildman–Crippen LogP) is 4.49. The Bertz CT molecular complexity index is 820. The molecule has 0 aliphatic carbocycles. The van der Waals surface area contributed by atoms with Crippen molar-refractivity contribution >= 4 is 17.5 Å². The molecule has 0 saturated carbocycles. The Morgan fingerprint density at radius 1 is 0.769 bits per heavy atom. The smallest absolute Gasteiger partial charge is 0.242 e. The minimum atomic E-state index is -0.448. The van der Waals surface area contributed by atoms with E-state index >= 15 is 0 Å². The molecular weight excluding hydrogens is 344 g/mol. The molecule has 0 saturated heterocycles. The first-order chi connectivity index (χ1) is 12.7. The van der Waals surface area contributed by atoms with Crippen molar-refractivity contribution in [2.24, 2.45) is 0 Å². The lowest BCUT2D eigenvalue weighted by Gasteiger charge is -2.19. The van der Waals surface area contributed by atoms with Crippen molar-refractivity contribution < 1.29 is 4.79 Å². The summed E-state index contributed by atoms with van der Waals surface area (Å²) in [5.74, 6) is -0.0629. The first kappa shape index (κ1) is 18.2. The molecule has 3 aromatic rings. The first-order valence-corrected chi connectivity index (χ1v) is 8.94. The van der Waals surface area contributed by atoms with Crippen LogP contribution in [0, 0.1) is 0 Å². The van der Waals surface area contributed by atoms with Gasteiger partial charge in [-0.2, -0.15) is 0 Å². The normalized spacial score (nSPS) is 11.7. The highest BCUT2D eigenvalue weighted by atomic mass is 35.5. The van der Waals surface area contributed by atoms with E-state index < -0.39 is 6.04 Å². The van der Waals surface area contributed by atoms with Crippen LogP contribution in [0.3, 0.4) is 0 Å². The summed E-state index contributed by atoms with van der Waals surface area (Å²) in [6, 6.07) is 26.8. The molecule has 1 atom stereocenters. The fraction of sp³-hybridized carbons (Fsp3) is 0.136. The van der Waals surface area contributed by atoms with Crippen molar-refractivity contribution in [2.45, 2.75) is 19.1 Å². The monoisotopic (exact) mass is 364 g/mol. The summed E-state index contributed by atoms with van der Waals surface area (Å²) < 4.78 is 0. The van der Waals surface area contributed by atoms with Crippen molar-refractivity contribution in [2.75, 3.05) is 0 Å². The molecule has 0 spiro atoms. The number of carbonyl (C=O) groups is 1. The fourth-order valence-corrected chi connectivity index (χ4v) is 2.85. The van der Waals surface area contributed by atoms with E-state index in [-0.39, 0.29) is 5.91 Å². The van der Waals surface area contributed by atoms with Gasteiger partial charge in [-0.15, -0.1) is 0 Å². The van der Waals surface area contributed by atoms with Gasteiger partial charge < -0.3 is 5.32 Å². The molecule has 2 N–H and O–H groups in total. The molecule has 0 bridgehead atoms. The summed E-state index contributed by atoms with van der Waals surface area (Å²) >= 11 is 5.99. The third kappa shape index (κ3) is 5.19. The van der Waals surface area contributed by atoms with Gasteiger partial charge in [-0.3, -0.25) is 10.1 Å². The van der Waals surface area contributed by atoms with Crippen molar-refractivity contribution in [3.63, 3.8) is 0 Å². The molecule has 3 aromatic carbocycles. The highest BCUT2D eigenvalue weighted by molar-refractivity contribution is 6.30. The van der Waals surface area contributed by atoms with Gasteiger partial charge in [0, 0.05) is 18.1 Å². The van der Waals surface area contributed by atoms with Crippen LogP contribution < -0.4 is 10.6 Å². The van der Waals surface area contributed by atoms with Gasteiger partial charge in [-0.05, 0) is 28.8 Å². The summed E-state index contributed by atoms with van der Waals surface area (Å²) in [5, 5.41) is 7.02. The largest absolute Gasteiger partial charge is 0.350 e. The first-order valence-electron chi connectivity index (χ1n) is 8.57. The van der Waals surface area contributed by atoms with E-state index in [9.17, 15) is 4.79 Å². The Morgan fingerprint density at radius 2 is 1.31 bits per heavy atom. The summed E-state index contributed by atoms with van der Waals surface area (Å²) in [7, 11) is 0. The molecule has 0 radical (unpaired) electrons. The zero-order valence-corrected chi connectivity index (χ0v) is 15.1. The lowest BCUT2D eigenvalue weighted by molar-refractivity contribution is -0.123. The Hall–Kier alpha value is -2.62. The second kappa shape index (κ2) is 9.18. The van der Waals surface area contributed by atoms with Gasteiger partial charge in [0.15, 0.2) is 0 Å². The van der Waals surface area contributed by atoms with E-state index in [1.54, 1.807) is 12.1 Å². The average molecular weight is 365 g/mol. The van der Waals surface area contributed by atoms with Crippen LogP contribution in [0.4, 0.5) is 0 Å². The van der Waals surface area contributed by atoms with E-state index in [0.29, 0.717) is 18.1 Å². The van der Waals surface area contributed by atoms with E-state index in [1.807, 2.05) is 72.8 Å². The van der Waals surface area contributed by atoms with E-state index in [2.05, 4.69) is 10.6 Å². The summed E-state index contributed by atoms with van der Waals surface area (Å²) in [6.45, 7) is 1.10. The van der Waals surface area contributed by atoms with Gasteiger partial charge in [0.05, 0.1) is 0 Å². The van der Waals surface area contributed by atoms with Gasteiger partial charge in [-0.25, -0.2) is 0 Å². The van der Waals surface area contributed by atoms with E-state index in [0.717, 1.165) is 16.7 Å². The molecule has 0 fully saturated rings. The highest BCUT2D eigenvalue weighted by Crippen LogP contribution is 2.18. The predicted molar refractivity (Wildman–Crippen MR) is 106 cm³/mol. The second-order valence-corrected chi connectivity index (χ2v) is 6.49. The minimum Gasteiger partial charge on any atom is -0.350 e. The molecule has 0 aliphatic heterocycles. The van der Waals surface area contributed by atoms with Crippen LogP contribution in [0.5, 0.6) is 0 Å². The Morgan fingerprint density at radius 3 is 1.88 bits per heavy atom. The molecule has 4 heteroatoms. The van der Waals surface area contributed by atoms with Crippen LogP contribution in [-0.2, 0) is 17.9 Å². The molecule has 0 heterocycles. The Kier molecular flexibility index (Phi) is 6.42. The van der Waals surface area contributed by atoms with Crippen molar-refractivity contribution in [3.05, 3.63) is 107 Å². The van der Waals surface area contributed by atoms with Crippen LogP contribution in [0.1, 0.15) is 22.7 Å². The number of benzene rings is 3. The number of carbonyl (C=O) groups excluding carboxylic acids is 1. The summed E-state index contributed by atoms with van der Waals surface area (Å²) in [5.41, 5.74) is 3.08. The molecule has 1 unspecified atom stereocenters. The average Bonchev–Trinajstić information content (AvgIpc) is 2.69. The van der Waals surface area contributed by atoms with E-state index in [1.165, 1.54) is 0 Å². The molecule has 3 rings (SSSR count). The van der Waals surface area contributed by atoms with Crippen LogP contribution in [0.15, 0.2) is 84.9 Å². The van der Waals surface area contributed by atoms with Crippen LogP contribution >= 0.6 is 11.6 Å². The van der Waals surface area contributed by atoms with Crippen LogP contribution in [0.2, 0.25) is 5.02 Å². The number of nitrogens with one attached hydrogen (secondary N) is 2. The zero-order valence-electron chi connectivity index (χ0n) is 14.4. The maximum atomic E-state index is 12.8. The molecule has 132 valence electrons. The van der Waals surface area contributed by atoms with Gasteiger partial charge >= 0.3 is 0 Å². The maximum absolute atomic E-state index is 12.8. The van der Waals surface area contributed by atoms with Gasteiger partial charge in [0.2, 0.25) is 5.91 Å². The van der Waals surface area contributed by atoms with Gasteiger partial charge in [0.25, 0.3) is 0 Å². The lowest BCUT2D eigenvalue weighted by Crippen LogP contribution is -2.37. The number of hydrogen-bond acceptors (Lipinski definition) is 2. The molecule has 1 amide bonds. The highest BCUT2D eigenvalue weighted by Gasteiger charge is 2.19. The minimum absolute atomic E-state index is 0.0629. The third-order valence-electron chi connectivity index (χ3n) is 4.13. The zero-order chi connectivity index (χ0) is 18.2. The fourth-order valence-electron chi connectivity index (χ4n) is 2.72. The van der Waals surface area contributed by atoms with Crippen LogP contribution in [0.25, 0.3) is 0 Å². The molecule has 26 heavy (non-hydrogen) atoms. The van der Waals surface area contributed by atoms with E-state index in [4.69, 9.17) is 11.6 Å². The number of amides is 1. The lowest BCUT2D eigenvalue weighted by atomic mass is 10.1. The van der Waals surface area contributed by atoms with Gasteiger partial charge in [0.1, 0.15) is 6.04 Å². The van der Waals surface area contributed by atoms with Crippen LogP contribution in [-0.4, -0.2) is 5.91 Å². The molecule has 0 aliphatic rings. The quantitative estimate of drug-likeness (QED) is 0.648. The molecular formula is C22H21ClN2O.